The van der Waals surface area contributed by atoms with Gasteiger partial charge in [0.2, 0.25) is 5.91 Å². The second kappa shape index (κ2) is 5.22. The van der Waals surface area contributed by atoms with E-state index in [2.05, 4.69) is 10.3 Å². The molecule has 3 rings (SSSR count). The summed E-state index contributed by atoms with van der Waals surface area (Å²) in [7, 11) is 0. The number of carbonyl (C=O) groups is 2. The third-order valence-corrected chi connectivity index (χ3v) is 3.50. The monoisotopic (exact) mass is 299 g/mol. The highest BCUT2D eigenvalue weighted by atomic mass is 19.1. The van der Waals surface area contributed by atoms with Gasteiger partial charge in [0, 0.05) is 11.8 Å². The molecule has 0 bridgehead atoms. The minimum absolute atomic E-state index is 0.141. The van der Waals surface area contributed by atoms with E-state index in [0.717, 1.165) is 11.6 Å². The van der Waals surface area contributed by atoms with Crippen LogP contribution in [0.4, 0.5) is 15.9 Å². The Morgan fingerprint density at radius 1 is 1.32 bits per heavy atom. The Morgan fingerprint density at radius 3 is 2.82 bits per heavy atom. The molecule has 0 spiro atoms. The predicted molar refractivity (Wildman–Crippen MR) is 80.4 cm³/mol. The molecule has 112 valence electrons. The first-order chi connectivity index (χ1) is 10.5. The van der Waals surface area contributed by atoms with Gasteiger partial charge in [0.25, 0.3) is 5.91 Å². The van der Waals surface area contributed by atoms with Crippen LogP contribution in [0.25, 0.3) is 0 Å². The van der Waals surface area contributed by atoms with E-state index in [0.29, 0.717) is 17.1 Å². The number of fused-ring (bicyclic) bond motifs is 1. The van der Waals surface area contributed by atoms with Gasteiger partial charge in [-0.3, -0.25) is 14.5 Å². The van der Waals surface area contributed by atoms with Crippen LogP contribution in [0.15, 0.2) is 30.5 Å². The number of hydrogen-bond donors (Lipinski definition) is 1. The number of halogens is 1. The zero-order valence-corrected chi connectivity index (χ0v) is 12.2. The molecule has 0 atom stereocenters. The van der Waals surface area contributed by atoms with Crippen molar-refractivity contribution in [3.05, 3.63) is 53.0 Å². The van der Waals surface area contributed by atoms with E-state index >= 15 is 0 Å². The molecule has 2 heterocycles. The highest BCUT2D eigenvalue weighted by Crippen LogP contribution is 2.31. The molecule has 2 amide bonds. The van der Waals surface area contributed by atoms with E-state index in [1.54, 1.807) is 25.3 Å². The summed E-state index contributed by atoms with van der Waals surface area (Å²) in [6.07, 6.45) is 1.57. The van der Waals surface area contributed by atoms with E-state index < -0.39 is 11.7 Å². The van der Waals surface area contributed by atoms with Gasteiger partial charge in [0.05, 0.1) is 5.69 Å². The van der Waals surface area contributed by atoms with Crippen LogP contribution < -0.4 is 10.2 Å². The maximum Gasteiger partial charge on any atom is 0.260 e. The number of anilines is 2. The standard InChI is InChI=1S/C16H14FN3O2/c1-9-5-11(7-12(17)6-9)16(22)20-8-13(21)19-14-10(2)3-4-18-15(14)20/h3-7H,8H2,1-2H3,(H,19,21). The summed E-state index contributed by atoms with van der Waals surface area (Å²) in [5.74, 6) is -0.851. The summed E-state index contributed by atoms with van der Waals surface area (Å²) >= 11 is 0. The molecule has 22 heavy (non-hydrogen) atoms. The SMILES string of the molecule is Cc1cc(F)cc(C(=O)N2CC(=O)Nc3c(C)ccnc32)c1. The molecular formula is C16H14FN3O2. The van der Waals surface area contributed by atoms with Gasteiger partial charge in [-0.05, 0) is 49.2 Å². The second-order valence-electron chi connectivity index (χ2n) is 5.28. The van der Waals surface area contributed by atoms with Gasteiger partial charge in [0.1, 0.15) is 12.4 Å². The van der Waals surface area contributed by atoms with Crippen LogP contribution in [0.5, 0.6) is 0 Å². The Hall–Kier alpha value is -2.76. The largest absolute Gasteiger partial charge is 0.321 e. The van der Waals surface area contributed by atoms with E-state index in [4.69, 9.17) is 0 Å². The summed E-state index contributed by atoms with van der Waals surface area (Å²) in [6, 6.07) is 5.85. The summed E-state index contributed by atoms with van der Waals surface area (Å²) < 4.78 is 13.5. The van der Waals surface area contributed by atoms with E-state index in [-0.39, 0.29) is 18.0 Å². The molecule has 6 heteroatoms. The van der Waals surface area contributed by atoms with Crippen LogP contribution in [-0.2, 0) is 4.79 Å². The molecule has 1 aliphatic heterocycles. The quantitative estimate of drug-likeness (QED) is 0.879. The molecule has 1 aromatic heterocycles. The minimum Gasteiger partial charge on any atom is -0.321 e. The summed E-state index contributed by atoms with van der Waals surface area (Å²) in [5.41, 5.74) is 2.16. The van der Waals surface area contributed by atoms with Gasteiger partial charge in [0.15, 0.2) is 5.82 Å². The number of aromatic nitrogens is 1. The number of carbonyl (C=O) groups excluding carboxylic acids is 2. The number of aryl methyl sites for hydroxylation is 2. The zero-order chi connectivity index (χ0) is 15.9. The van der Waals surface area contributed by atoms with Gasteiger partial charge >= 0.3 is 0 Å². The van der Waals surface area contributed by atoms with E-state index in [1.165, 1.54) is 11.0 Å². The van der Waals surface area contributed by atoms with Crippen molar-refractivity contribution in [3.63, 3.8) is 0 Å². The number of hydrogen-bond acceptors (Lipinski definition) is 3. The van der Waals surface area contributed by atoms with Gasteiger partial charge < -0.3 is 5.32 Å². The minimum atomic E-state index is -0.484. The number of rotatable bonds is 1. The van der Waals surface area contributed by atoms with Crippen molar-refractivity contribution >= 4 is 23.3 Å². The average molecular weight is 299 g/mol. The molecule has 1 aromatic carbocycles. The van der Waals surface area contributed by atoms with Gasteiger partial charge in [-0.2, -0.15) is 0 Å². The normalized spacial score (nSPS) is 13.6. The smallest absolute Gasteiger partial charge is 0.260 e. The molecule has 0 aliphatic carbocycles. The lowest BCUT2D eigenvalue weighted by molar-refractivity contribution is -0.115. The summed E-state index contributed by atoms with van der Waals surface area (Å²) in [5, 5.41) is 2.72. The number of nitrogens with one attached hydrogen (secondary N) is 1. The molecule has 0 saturated heterocycles. The van der Waals surface area contributed by atoms with Crippen molar-refractivity contribution in [2.24, 2.45) is 0 Å². The predicted octanol–water partition coefficient (Wildman–Crippen LogP) is 2.44. The fraction of sp³-hybridized carbons (Fsp3) is 0.188. The maximum absolute atomic E-state index is 13.5. The van der Waals surface area contributed by atoms with Crippen LogP contribution in [0.2, 0.25) is 0 Å². The lowest BCUT2D eigenvalue weighted by Gasteiger charge is -2.29. The molecule has 1 aliphatic rings. The van der Waals surface area contributed by atoms with Crippen LogP contribution in [0, 0.1) is 19.7 Å². The average Bonchev–Trinajstić information content (AvgIpc) is 2.46. The first kappa shape index (κ1) is 14.2. The van der Waals surface area contributed by atoms with Crippen molar-refractivity contribution in [2.75, 3.05) is 16.8 Å². The molecule has 2 aromatic rings. The maximum atomic E-state index is 13.5. The molecular weight excluding hydrogens is 285 g/mol. The van der Waals surface area contributed by atoms with Gasteiger partial charge in [-0.25, -0.2) is 9.37 Å². The van der Waals surface area contributed by atoms with Crippen LogP contribution in [0.3, 0.4) is 0 Å². The summed E-state index contributed by atoms with van der Waals surface area (Å²) in [6.45, 7) is 3.39. The molecule has 0 fully saturated rings. The Morgan fingerprint density at radius 2 is 2.09 bits per heavy atom. The lowest BCUT2D eigenvalue weighted by Crippen LogP contribution is -2.43. The molecule has 0 radical (unpaired) electrons. The highest BCUT2D eigenvalue weighted by Gasteiger charge is 2.30. The number of benzene rings is 1. The number of amides is 2. The van der Waals surface area contributed by atoms with Gasteiger partial charge in [-0.1, -0.05) is 0 Å². The van der Waals surface area contributed by atoms with E-state index in [9.17, 15) is 14.0 Å². The molecule has 1 N–H and O–H groups in total. The van der Waals surface area contributed by atoms with Crippen molar-refractivity contribution in [3.8, 4) is 0 Å². The van der Waals surface area contributed by atoms with Crippen LogP contribution >= 0.6 is 0 Å². The van der Waals surface area contributed by atoms with Crippen molar-refractivity contribution < 1.29 is 14.0 Å². The Balaban J connectivity index is 2.07. The van der Waals surface area contributed by atoms with Gasteiger partial charge in [-0.15, -0.1) is 0 Å². The first-order valence-corrected chi connectivity index (χ1v) is 6.80. The fourth-order valence-corrected chi connectivity index (χ4v) is 2.48. The van der Waals surface area contributed by atoms with Crippen molar-refractivity contribution in [1.29, 1.82) is 0 Å². The first-order valence-electron chi connectivity index (χ1n) is 6.80. The van der Waals surface area contributed by atoms with Crippen LogP contribution in [0.1, 0.15) is 21.5 Å². The fourth-order valence-electron chi connectivity index (χ4n) is 2.48. The van der Waals surface area contributed by atoms with Crippen molar-refractivity contribution in [2.45, 2.75) is 13.8 Å². The third kappa shape index (κ3) is 2.43. The lowest BCUT2D eigenvalue weighted by atomic mass is 10.1. The highest BCUT2D eigenvalue weighted by molar-refractivity contribution is 6.14. The van der Waals surface area contributed by atoms with E-state index in [1.807, 2.05) is 6.92 Å². The second-order valence-corrected chi connectivity index (χ2v) is 5.28. The molecule has 0 unspecified atom stereocenters. The van der Waals surface area contributed by atoms with Crippen molar-refractivity contribution in [1.82, 2.24) is 4.98 Å². The molecule has 0 saturated carbocycles. The Bertz CT molecular complexity index is 769. The number of nitrogens with zero attached hydrogens (tertiary/aromatic N) is 2. The zero-order valence-electron chi connectivity index (χ0n) is 12.2. The topological polar surface area (TPSA) is 62.3 Å². The van der Waals surface area contributed by atoms with Crippen LogP contribution in [-0.4, -0.2) is 23.3 Å². The number of pyridine rings is 1. The third-order valence-electron chi connectivity index (χ3n) is 3.50. The Kier molecular flexibility index (Phi) is 3.36. The molecule has 5 nitrogen and oxygen atoms in total. The summed E-state index contributed by atoms with van der Waals surface area (Å²) in [4.78, 5) is 30.0. The Labute approximate surface area is 126 Å².